The second-order valence-electron chi connectivity index (χ2n) is 5.23. The van der Waals surface area contributed by atoms with E-state index >= 15 is 0 Å². The van der Waals surface area contributed by atoms with Crippen LogP contribution in [-0.2, 0) is 6.42 Å². The molecule has 0 aromatic heterocycles. The molecule has 2 nitrogen and oxygen atoms in total. The Hall–Kier alpha value is -1.00. The number of hydrogen-bond acceptors (Lipinski definition) is 2. The third-order valence-corrected chi connectivity index (χ3v) is 2.84. The number of rotatable bonds is 6. The first-order valence-corrected chi connectivity index (χ1v) is 6.20. The molecule has 0 bridgehead atoms. The van der Waals surface area contributed by atoms with Crippen molar-refractivity contribution in [2.24, 2.45) is 0 Å². The third kappa shape index (κ3) is 4.70. The standard InChI is InChI=1S/C14H21F2NO/c1-10(2)17-8-7-14(3,18)9-11-12(15)5-4-6-13(11)16/h4-6,10,17-18H,7-9H2,1-3H3. The highest BCUT2D eigenvalue weighted by atomic mass is 19.1. The molecule has 1 aromatic rings. The van der Waals surface area contributed by atoms with Crippen molar-refractivity contribution in [1.82, 2.24) is 5.32 Å². The van der Waals surface area contributed by atoms with E-state index in [9.17, 15) is 13.9 Å². The average molecular weight is 257 g/mol. The fourth-order valence-corrected chi connectivity index (χ4v) is 1.80. The maximum atomic E-state index is 13.5. The van der Waals surface area contributed by atoms with Crippen LogP contribution in [-0.4, -0.2) is 23.3 Å². The van der Waals surface area contributed by atoms with E-state index < -0.39 is 17.2 Å². The predicted octanol–water partition coefficient (Wildman–Crippen LogP) is 2.65. The Bertz CT molecular complexity index is 371. The van der Waals surface area contributed by atoms with Crippen molar-refractivity contribution in [3.05, 3.63) is 35.4 Å². The van der Waals surface area contributed by atoms with Crippen molar-refractivity contribution in [2.75, 3.05) is 6.54 Å². The summed E-state index contributed by atoms with van der Waals surface area (Å²) in [7, 11) is 0. The minimum atomic E-state index is -1.12. The van der Waals surface area contributed by atoms with E-state index in [1.807, 2.05) is 13.8 Å². The molecule has 0 heterocycles. The molecule has 0 aliphatic carbocycles. The van der Waals surface area contributed by atoms with Gasteiger partial charge in [0.1, 0.15) is 11.6 Å². The Labute approximate surface area is 107 Å². The van der Waals surface area contributed by atoms with Crippen molar-refractivity contribution in [2.45, 2.75) is 45.3 Å². The molecule has 0 aliphatic rings. The molecule has 0 amide bonds. The summed E-state index contributed by atoms with van der Waals surface area (Å²) in [5.74, 6) is -1.21. The summed E-state index contributed by atoms with van der Waals surface area (Å²) in [6, 6.07) is 4.07. The molecule has 0 saturated carbocycles. The zero-order chi connectivity index (χ0) is 13.8. The first-order valence-electron chi connectivity index (χ1n) is 6.20. The maximum Gasteiger partial charge on any atom is 0.129 e. The van der Waals surface area contributed by atoms with Crippen LogP contribution in [0.2, 0.25) is 0 Å². The van der Waals surface area contributed by atoms with E-state index in [0.29, 0.717) is 19.0 Å². The molecular formula is C14H21F2NO. The number of halogens is 2. The lowest BCUT2D eigenvalue weighted by molar-refractivity contribution is 0.0493. The van der Waals surface area contributed by atoms with Crippen LogP contribution < -0.4 is 5.32 Å². The number of hydrogen-bond donors (Lipinski definition) is 2. The molecule has 4 heteroatoms. The summed E-state index contributed by atoms with van der Waals surface area (Å²) >= 11 is 0. The van der Waals surface area contributed by atoms with Crippen LogP contribution in [0, 0.1) is 11.6 Å². The smallest absolute Gasteiger partial charge is 0.129 e. The van der Waals surface area contributed by atoms with Gasteiger partial charge in [-0.15, -0.1) is 0 Å². The van der Waals surface area contributed by atoms with E-state index in [1.54, 1.807) is 6.92 Å². The fourth-order valence-electron chi connectivity index (χ4n) is 1.80. The maximum absolute atomic E-state index is 13.5. The molecule has 1 rings (SSSR count). The van der Waals surface area contributed by atoms with E-state index in [2.05, 4.69) is 5.32 Å². The third-order valence-electron chi connectivity index (χ3n) is 2.84. The van der Waals surface area contributed by atoms with Crippen molar-refractivity contribution in [3.8, 4) is 0 Å². The molecule has 1 aromatic carbocycles. The molecule has 102 valence electrons. The second kappa shape index (κ2) is 6.25. The SMILES string of the molecule is CC(C)NCCC(C)(O)Cc1c(F)cccc1F. The van der Waals surface area contributed by atoms with Gasteiger partial charge in [-0.3, -0.25) is 0 Å². The van der Waals surface area contributed by atoms with Gasteiger partial charge in [-0.1, -0.05) is 19.9 Å². The van der Waals surface area contributed by atoms with Gasteiger partial charge in [0, 0.05) is 18.0 Å². The molecule has 0 saturated heterocycles. The molecule has 2 N–H and O–H groups in total. The van der Waals surface area contributed by atoms with Gasteiger partial charge in [0.05, 0.1) is 5.60 Å². The summed E-state index contributed by atoms with van der Waals surface area (Å²) in [5, 5.41) is 13.3. The molecule has 0 fully saturated rings. The van der Waals surface area contributed by atoms with E-state index in [-0.39, 0.29) is 12.0 Å². The predicted molar refractivity (Wildman–Crippen MR) is 68.4 cm³/mol. The van der Waals surface area contributed by atoms with Crippen LogP contribution in [0.4, 0.5) is 8.78 Å². The van der Waals surface area contributed by atoms with Gasteiger partial charge >= 0.3 is 0 Å². The highest BCUT2D eigenvalue weighted by Gasteiger charge is 2.24. The lowest BCUT2D eigenvalue weighted by Gasteiger charge is -2.24. The molecular weight excluding hydrogens is 236 g/mol. The number of benzene rings is 1. The molecule has 1 atom stereocenters. The van der Waals surface area contributed by atoms with Crippen molar-refractivity contribution in [3.63, 3.8) is 0 Å². The normalized spacial score (nSPS) is 14.8. The Morgan fingerprint density at radius 3 is 2.33 bits per heavy atom. The van der Waals surface area contributed by atoms with E-state index in [1.165, 1.54) is 18.2 Å². The summed E-state index contributed by atoms with van der Waals surface area (Å²) < 4.78 is 26.9. The largest absolute Gasteiger partial charge is 0.390 e. The quantitative estimate of drug-likeness (QED) is 0.821. The van der Waals surface area contributed by atoms with Crippen molar-refractivity contribution >= 4 is 0 Å². The number of aliphatic hydroxyl groups is 1. The summed E-state index contributed by atoms with van der Waals surface area (Å²) in [5.41, 5.74) is -1.17. The Morgan fingerprint density at radius 1 is 1.28 bits per heavy atom. The highest BCUT2D eigenvalue weighted by Crippen LogP contribution is 2.21. The number of nitrogens with one attached hydrogen (secondary N) is 1. The van der Waals surface area contributed by atoms with Crippen molar-refractivity contribution in [1.29, 1.82) is 0 Å². The van der Waals surface area contributed by atoms with Gasteiger partial charge in [-0.2, -0.15) is 0 Å². The molecule has 0 radical (unpaired) electrons. The summed E-state index contributed by atoms with van der Waals surface area (Å²) in [6.07, 6.45) is 0.421. The lowest BCUT2D eigenvalue weighted by Crippen LogP contribution is -2.34. The molecule has 18 heavy (non-hydrogen) atoms. The van der Waals surface area contributed by atoms with Crippen LogP contribution in [0.5, 0.6) is 0 Å². The average Bonchev–Trinajstić information content (AvgIpc) is 2.23. The minimum absolute atomic E-state index is 0.0225. The first kappa shape index (κ1) is 15.1. The van der Waals surface area contributed by atoms with Crippen LogP contribution >= 0.6 is 0 Å². The van der Waals surface area contributed by atoms with Gasteiger partial charge in [0.2, 0.25) is 0 Å². The van der Waals surface area contributed by atoms with Gasteiger partial charge in [-0.25, -0.2) is 8.78 Å². The van der Waals surface area contributed by atoms with Crippen molar-refractivity contribution < 1.29 is 13.9 Å². The fraction of sp³-hybridized carbons (Fsp3) is 0.571. The zero-order valence-electron chi connectivity index (χ0n) is 11.1. The first-order chi connectivity index (χ1) is 8.32. The van der Waals surface area contributed by atoms with Gasteiger partial charge < -0.3 is 10.4 Å². The summed E-state index contributed by atoms with van der Waals surface area (Å²) in [6.45, 7) is 6.22. The highest BCUT2D eigenvalue weighted by molar-refractivity contribution is 5.21. The molecule has 0 spiro atoms. The van der Waals surface area contributed by atoms with Crippen LogP contribution in [0.25, 0.3) is 0 Å². The molecule has 1 unspecified atom stereocenters. The van der Waals surface area contributed by atoms with Crippen LogP contribution in [0.15, 0.2) is 18.2 Å². The van der Waals surface area contributed by atoms with Crippen LogP contribution in [0.1, 0.15) is 32.8 Å². The van der Waals surface area contributed by atoms with Gasteiger partial charge in [0.25, 0.3) is 0 Å². The van der Waals surface area contributed by atoms with E-state index in [4.69, 9.17) is 0 Å². The molecule has 0 aliphatic heterocycles. The van der Waals surface area contributed by atoms with E-state index in [0.717, 1.165) is 0 Å². The Kier molecular flexibility index (Phi) is 5.23. The minimum Gasteiger partial charge on any atom is -0.390 e. The van der Waals surface area contributed by atoms with Gasteiger partial charge in [0.15, 0.2) is 0 Å². The Balaban J connectivity index is 2.64. The monoisotopic (exact) mass is 257 g/mol. The lowest BCUT2D eigenvalue weighted by atomic mass is 9.92. The zero-order valence-corrected chi connectivity index (χ0v) is 11.1. The van der Waals surface area contributed by atoms with Crippen LogP contribution in [0.3, 0.4) is 0 Å². The summed E-state index contributed by atoms with van der Waals surface area (Å²) in [4.78, 5) is 0. The Morgan fingerprint density at radius 2 is 1.83 bits per heavy atom. The topological polar surface area (TPSA) is 32.3 Å². The van der Waals surface area contributed by atoms with Gasteiger partial charge in [-0.05, 0) is 32.0 Å². The second-order valence-corrected chi connectivity index (χ2v) is 5.23.